The highest BCUT2D eigenvalue weighted by Crippen LogP contribution is 2.33. The van der Waals surface area contributed by atoms with E-state index in [4.69, 9.17) is 0 Å². The molecule has 0 fully saturated rings. The van der Waals surface area contributed by atoms with Crippen LogP contribution >= 0.6 is 0 Å². The third-order valence-electron chi connectivity index (χ3n) is 3.99. The summed E-state index contributed by atoms with van der Waals surface area (Å²) >= 11 is 0. The monoisotopic (exact) mass is 354 g/mol. The number of benzene rings is 2. The van der Waals surface area contributed by atoms with Crippen molar-refractivity contribution in [3.63, 3.8) is 0 Å². The van der Waals surface area contributed by atoms with Gasteiger partial charge in [-0.15, -0.1) is 0 Å². The normalized spacial score (nSPS) is 12.1. The van der Waals surface area contributed by atoms with E-state index in [2.05, 4.69) is 10.6 Å². The topological polar surface area (TPSA) is 98.7 Å². The highest BCUT2D eigenvalue weighted by molar-refractivity contribution is 5.81. The molecule has 0 aliphatic heterocycles. The Morgan fingerprint density at radius 2 is 1.85 bits per heavy atom. The molecule has 0 heterocycles. The van der Waals surface area contributed by atoms with Gasteiger partial charge < -0.3 is 20.8 Å². The van der Waals surface area contributed by atoms with E-state index < -0.39 is 6.10 Å². The number of allylic oxidation sites excluding steroid dienone is 1. The van der Waals surface area contributed by atoms with Crippen LogP contribution in [-0.2, 0) is 11.3 Å². The number of rotatable bonds is 9. The summed E-state index contributed by atoms with van der Waals surface area (Å²) in [5, 5.41) is 26.5. The molecule has 0 aromatic heterocycles. The molecule has 26 heavy (non-hydrogen) atoms. The Balaban J connectivity index is 2.10. The molecule has 1 atom stereocenters. The zero-order valence-electron chi connectivity index (χ0n) is 14.5. The number of phenolic OH excluding ortho intramolecular Hbond substituents is 1. The minimum atomic E-state index is -0.830. The van der Waals surface area contributed by atoms with Crippen molar-refractivity contribution in [1.82, 2.24) is 5.32 Å². The van der Waals surface area contributed by atoms with E-state index in [1.165, 1.54) is 12.1 Å². The summed E-state index contributed by atoms with van der Waals surface area (Å²) in [6.07, 6.45) is 3.46. The molecule has 2 rings (SSSR count). The summed E-state index contributed by atoms with van der Waals surface area (Å²) in [6, 6.07) is 10.3. The standard InChI is InChI=1S/C20H22N2O4/c1-21-20-17(3-2-10-23)16(8-9-18(20)25)19(26)12-22-11-14-4-6-15(13-24)7-5-14/h2-10,13,19,21-22,25-26H,11-12H2,1H3/b3-2-. The molecule has 2 aromatic carbocycles. The zero-order chi connectivity index (χ0) is 18.9. The van der Waals surface area contributed by atoms with Crippen LogP contribution in [0.3, 0.4) is 0 Å². The molecule has 0 bridgehead atoms. The lowest BCUT2D eigenvalue weighted by atomic mass is 9.99. The number of aromatic hydroxyl groups is 1. The summed E-state index contributed by atoms with van der Waals surface area (Å²) in [7, 11) is 1.66. The quantitative estimate of drug-likeness (QED) is 0.313. The Morgan fingerprint density at radius 1 is 1.12 bits per heavy atom. The summed E-state index contributed by atoms with van der Waals surface area (Å²) in [4.78, 5) is 21.3. The van der Waals surface area contributed by atoms with E-state index >= 15 is 0 Å². The molecule has 0 saturated carbocycles. The molecular formula is C20H22N2O4. The van der Waals surface area contributed by atoms with Crippen LogP contribution in [0.15, 0.2) is 42.5 Å². The number of aliphatic hydroxyl groups is 1. The lowest BCUT2D eigenvalue weighted by Crippen LogP contribution is -2.21. The number of hydrogen-bond acceptors (Lipinski definition) is 6. The Kier molecular flexibility index (Phi) is 7.08. The van der Waals surface area contributed by atoms with Gasteiger partial charge in [-0.05, 0) is 29.3 Å². The van der Waals surface area contributed by atoms with E-state index in [1.807, 2.05) is 12.1 Å². The van der Waals surface area contributed by atoms with Crippen LogP contribution in [0.5, 0.6) is 5.75 Å². The van der Waals surface area contributed by atoms with Gasteiger partial charge in [0.25, 0.3) is 0 Å². The summed E-state index contributed by atoms with van der Waals surface area (Å²) in [5.74, 6) is 0.0391. The lowest BCUT2D eigenvalue weighted by Gasteiger charge is -2.18. The first kappa shape index (κ1) is 19.4. The van der Waals surface area contributed by atoms with Crippen LogP contribution in [0.4, 0.5) is 5.69 Å². The molecule has 0 spiro atoms. The third kappa shape index (κ3) is 4.78. The Hall–Kier alpha value is -2.96. The first-order valence-electron chi connectivity index (χ1n) is 8.19. The van der Waals surface area contributed by atoms with Crippen LogP contribution in [0.1, 0.15) is 33.2 Å². The van der Waals surface area contributed by atoms with E-state index in [0.29, 0.717) is 35.2 Å². The van der Waals surface area contributed by atoms with Crippen molar-refractivity contribution in [1.29, 1.82) is 0 Å². The third-order valence-corrected chi connectivity index (χ3v) is 3.99. The molecule has 2 aromatic rings. The molecule has 6 heteroatoms. The van der Waals surface area contributed by atoms with E-state index in [-0.39, 0.29) is 12.3 Å². The van der Waals surface area contributed by atoms with Crippen molar-refractivity contribution in [3.8, 4) is 5.75 Å². The van der Waals surface area contributed by atoms with Crippen LogP contribution in [0, 0.1) is 0 Å². The first-order chi connectivity index (χ1) is 12.6. The average Bonchev–Trinajstić information content (AvgIpc) is 2.66. The van der Waals surface area contributed by atoms with Crippen molar-refractivity contribution in [2.45, 2.75) is 12.6 Å². The van der Waals surface area contributed by atoms with E-state index in [1.54, 1.807) is 31.3 Å². The van der Waals surface area contributed by atoms with Gasteiger partial charge in [-0.2, -0.15) is 0 Å². The van der Waals surface area contributed by atoms with Gasteiger partial charge in [-0.25, -0.2) is 0 Å². The van der Waals surface area contributed by atoms with Crippen LogP contribution in [0.2, 0.25) is 0 Å². The molecule has 1 unspecified atom stereocenters. The molecule has 136 valence electrons. The van der Waals surface area contributed by atoms with Gasteiger partial charge in [0.05, 0.1) is 11.8 Å². The second-order valence-corrected chi connectivity index (χ2v) is 5.71. The van der Waals surface area contributed by atoms with Gasteiger partial charge in [0.2, 0.25) is 0 Å². The average molecular weight is 354 g/mol. The van der Waals surface area contributed by atoms with Gasteiger partial charge >= 0.3 is 0 Å². The predicted molar refractivity (Wildman–Crippen MR) is 101 cm³/mol. The fourth-order valence-corrected chi connectivity index (χ4v) is 2.67. The van der Waals surface area contributed by atoms with Crippen molar-refractivity contribution < 1.29 is 19.8 Å². The lowest BCUT2D eigenvalue weighted by molar-refractivity contribution is -0.104. The Bertz CT molecular complexity index is 785. The summed E-state index contributed by atoms with van der Waals surface area (Å²) < 4.78 is 0. The number of aliphatic hydroxyl groups excluding tert-OH is 1. The van der Waals surface area contributed by atoms with Gasteiger partial charge in [0, 0.05) is 31.3 Å². The van der Waals surface area contributed by atoms with Gasteiger partial charge in [0.1, 0.15) is 18.3 Å². The fraction of sp³-hybridized carbons (Fsp3) is 0.200. The zero-order valence-corrected chi connectivity index (χ0v) is 14.5. The minimum Gasteiger partial charge on any atom is -0.506 e. The first-order valence-corrected chi connectivity index (χ1v) is 8.19. The SMILES string of the molecule is CNc1c(O)ccc(C(O)CNCc2ccc(C=O)cc2)c1/C=C\C=O. The van der Waals surface area contributed by atoms with Crippen LogP contribution in [-0.4, -0.2) is 36.4 Å². The van der Waals surface area contributed by atoms with Crippen molar-refractivity contribution in [2.75, 3.05) is 18.9 Å². The number of nitrogens with one attached hydrogen (secondary N) is 2. The molecule has 6 nitrogen and oxygen atoms in total. The number of aldehydes is 2. The molecule has 4 N–H and O–H groups in total. The van der Waals surface area contributed by atoms with Crippen molar-refractivity contribution in [2.24, 2.45) is 0 Å². The number of carbonyl (C=O) groups is 2. The predicted octanol–water partition coefficient (Wildman–Crippen LogP) is 2.28. The van der Waals surface area contributed by atoms with Crippen molar-refractivity contribution in [3.05, 3.63) is 64.7 Å². The van der Waals surface area contributed by atoms with E-state index in [0.717, 1.165) is 11.8 Å². The maximum absolute atomic E-state index is 10.7. The number of anilines is 1. The highest BCUT2D eigenvalue weighted by Gasteiger charge is 2.16. The maximum Gasteiger partial charge on any atom is 0.150 e. The molecule has 0 aliphatic rings. The highest BCUT2D eigenvalue weighted by atomic mass is 16.3. The maximum atomic E-state index is 10.7. The summed E-state index contributed by atoms with van der Waals surface area (Å²) in [5.41, 5.74) is 3.21. The Labute approximate surface area is 152 Å². The fourth-order valence-electron chi connectivity index (χ4n) is 2.67. The van der Waals surface area contributed by atoms with Crippen LogP contribution in [0.25, 0.3) is 6.08 Å². The smallest absolute Gasteiger partial charge is 0.150 e. The molecule has 0 saturated heterocycles. The second kappa shape index (κ2) is 9.50. The molecule has 0 amide bonds. The van der Waals surface area contributed by atoms with E-state index in [9.17, 15) is 19.8 Å². The van der Waals surface area contributed by atoms with Gasteiger partial charge in [-0.1, -0.05) is 30.3 Å². The minimum absolute atomic E-state index is 0.0391. The molecule has 0 radical (unpaired) electrons. The Morgan fingerprint density at radius 3 is 2.46 bits per heavy atom. The van der Waals surface area contributed by atoms with Crippen LogP contribution < -0.4 is 10.6 Å². The number of hydrogen-bond donors (Lipinski definition) is 4. The summed E-state index contributed by atoms with van der Waals surface area (Å²) in [6.45, 7) is 0.817. The van der Waals surface area contributed by atoms with Gasteiger partial charge in [0.15, 0.2) is 0 Å². The second-order valence-electron chi connectivity index (χ2n) is 5.71. The molecular weight excluding hydrogens is 332 g/mol. The van der Waals surface area contributed by atoms with Gasteiger partial charge in [-0.3, -0.25) is 9.59 Å². The number of carbonyl (C=O) groups excluding carboxylic acids is 2. The van der Waals surface area contributed by atoms with Crippen molar-refractivity contribution >= 4 is 24.3 Å². The largest absolute Gasteiger partial charge is 0.506 e. The molecule has 0 aliphatic carbocycles. The number of phenols is 1.